The third-order valence-electron chi connectivity index (χ3n) is 6.10. The molecule has 1 atom stereocenters. The molecule has 8 nitrogen and oxygen atoms in total. The summed E-state index contributed by atoms with van der Waals surface area (Å²) in [6.07, 6.45) is 0.325. The van der Waals surface area contributed by atoms with Gasteiger partial charge in [-0.2, -0.15) is 0 Å². The van der Waals surface area contributed by atoms with Crippen LogP contribution in [0, 0.1) is 0 Å². The molecule has 0 fully saturated rings. The number of benzene rings is 3. The summed E-state index contributed by atoms with van der Waals surface area (Å²) < 4.78 is 34.1. The van der Waals surface area contributed by atoms with Crippen molar-refractivity contribution in [3.05, 3.63) is 89.4 Å². The molecule has 1 N–H and O–H groups in total. The summed E-state index contributed by atoms with van der Waals surface area (Å²) in [6, 6.07) is 20.5. The van der Waals surface area contributed by atoms with Gasteiger partial charge in [-0.1, -0.05) is 54.9 Å². The van der Waals surface area contributed by atoms with E-state index in [1.54, 1.807) is 66.7 Å². The van der Waals surface area contributed by atoms with Crippen LogP contribution in [0.3, 0.4) is 0 Å². The Kier molecular flexibility index (Phi) is 10.2. The number of halogens is 1. The number of nitrogens with zero attached hydrogens (tertiary/aromatic N) is 2. The topological polar surface area (TPSA) is 96.0 Å². The van der Waals surface area contributed by atoms with Gasteiger partial charge in [0.2, 0.25) is 11.8 Å². The minimum absolute atomic E-state index is 0.0346. The van der Waals surface area contributed by atoms with E-state index in [9.17, 15) is 18.0 Å². The molecule has 0 aromatic heterocycles. The molecule has 0 radical (unpaired) electrons. The molecule has 10 heteroatoms. The van der Waals surface area contributed by atoms with Crippen LogP contribution in [0.15, 0.2) is 83.8 Å². The minimum Gasteiger partial charge on any atom is -0.497 e. The molecule has 0 aliphatic rings. The van der Waals surface area contributed by atoms with E-state index in [4.69, 9.17) is 16.3 Å². The molecule has 0 saturated heterocycles. The number of rotatable bonds is 11. The predicted molar refractivity (Wildman–Crippen MR) is 158 cm³/mol. The van der Waals surface area contributed by atoms with E-state index >= 15 is 0 Å². The third-order valence-corrected chi connectivity index (χ3v) is 8.14. The second-order valence-corrected chi connectivity index (χ2v) is 12.6. The van der Waals surface area contributed by atoms with E-state index < -0.39 is 34.1 Å². The molecule has 3 aromatic rings. The highest BCUT2D eigenvalue weighted by Gasteiger charge is 2.34. The molecule has 2 amide bonds. The van der Waals surface area contributed by atoms with Crippen LogP contribution in [0.25, 0.3) is 0 Å². The van der Waals surface area contributed by atoms with Crippen molar-refractivity contribution in [3.8, 4) is 5.75 Å². The van der Waals surface area contributed by atoms with Crippen LogP contribution in [0.4, 0.5) is 5.69 Å². The first-order valence-corrected chi connectivity index (χ1v) is 14.8. The van der Waals surface area contributed by atoms with E-state index in [-0.39, 0.29) is 23.0 Å². The van der Waals surface area contributed by atoms with E-state index in [0.29, 0.717) is 17.2 Å². The lowest BCUT2D eigenvalue weighted by molar-refractivity contribution is -0.141. The quantitative estimate of drug-likeness (QED) is 0.331. The highest BCUT2D eigenvalue weighted by Crippen LogP contribution is 2.28. The summed E-state index contributed by atoms with van der Waals surface area (Å²) in [5.74, 6) is -0.420. The largest absolute Gasteiger partial charge is 0.497 e. The van der Waals surface area contributed by atoms with E-state index in [0.717, 1.165) is 9.87 Å². The van der Waals surface area contributed by atoms with Crippen LogP contribution in [0.1, 0.15) is 39.7 Å². The van der Waals surface area contributed by atoms with Gasteiger partial charge in [0.1, 0.15) is 18.3 Å². The van der Waals surface area contributed by atoms with Gasteiger partial charge in [-0.3, -0.25) is 13.9 Å². The molecule has 0 heterocycles. The molecule has 0 bridgehead atoms. The zero-order valence-electron chi connectivity index (χ0n) is 23.4. The first kappa shape index (κ1) is 31.0. The van der Waals surface area contributed by atoms with Crippen molar-refractivity contribution in [1.82, 2.24) is 10.2 Å². The van der Waals surface area contributed by atoms with Gasteiger partial charge in [0, 0.05) is 23.2 Å². The number of hydrogen-bond donors (Lipinski definition) is 1. The number of methoxy groups -OCH3 is 1. The zero-order chi connectivity index (χ0) is 29.5. The summed E-state index contributed by atoms with van der Waals surface area (Å²) >= 11 is 6.07. The van der Waals surface area contributed by atoms with E-state index in [1.807, 2.05) is 27.7 Å². The average molecular weight is 586 g/mol. The summed E-state index contributed by atoms with van der Waals surface area (Å²) in [5.41, 5.74) is 0.483. The monoisotopic (exact) mass is 585 g/mol. The summed E-state index contributed by atoms with van der Waals surface area (Å²) in [4.78, 5) is 28.9. The number of sulfonamides is 1. The summed E-state index contributed by atoms with van der Waals surface area (Å²) in [6.45, 7) is 6.95. The fourth-order valence-electron chi connectivity index (χ4n) is 4.17. The molecule has 40 heavy (non-hydrogen) atoms. The van der Waals surface area contributed by atoms with Gasteiger partial charge < -0.3 is 15.0 Å². The average Bonchev–Trinajstić information content (AvgIpc) is 2.92. The lowest BCUT2D eigenvalue weighted by atomic mass is 10.1. The van der Waals surface area contributed by atoms with Gasteiger partial charge in [0.25, 0.3) is 10.0 Å². The second-order valence-electron chi connectivity index (χ2n) is 10.3. The highest BCUT2D eigenvalue weighted by molar-refractivity contribution is 7.92. The lowest BCUT2D eigenvalue weighted by Crippen LogP contribution is -2.55. The fourth-order valence-corrected chi connectivity index (χ4v) is 5.73. The molecular formula is C30H36ClN3O5S. The Bertz CT molecular complexity index is 1410. The number of amides is 2. The number of carbonyl (C=O) groups excluding carboxylic acids is 2. The Morgan fingerprint density at radius 2 is 1.62 bits per heavy atom. The Morgan fingerprint density at radius 3 is 2.20 bits per heavy atom. The fraction of sp³-hybridized carbons (Fsp3) is 0.333. The molecular weight excluding hydrogens is 550 g/mol. The molecule has 0 saturated carbocycles. The predicted octanol–water partition coefficient (Wildman–Crippen LogP) is 5.27. The maximum absolute atomic E-state index is 14.1. The molecule has 3 rings (SSSR count). The smallest absolute Gasteiger partial charge is 0.264 e. The SMILES string of the molecule is CC[C@@H](C(=O)NC(C)(C)C)N(Cc1ccc(Cl)cc1)C(=O)CN(c1cccc(OC)c1)S(=O)(=O)c1ccccc1. The van der Waals surface area contributed by atoms with Gasteiger partial charge in [-0.25, -0.2) is 8.42 Å². The molecule has 0 spiro atoms. The third kappa shape index (κ3) is 7.99. The number of hydrogen-bond acceptors (Lipinski definition) is 5. The zero-order valence-corrected chi connectivity index (χ0v) is 25.0. The van der Waals surface area contributed by atoms with Crippen molar-refractivity contribution < 1.29 is 22.7 Å². The van der Waals surface area contributed by atoms with Gasteiger partial charge in [0.05, 0.1) is 17.7 Å². The van der Waals surface area contributed by atoms with Crippen molar-refractivity contribution in [3.63, 3.8) is 0 Å². The normalized spacial score (nSPS) is 12.3. The minimum atomic E-state index is -4.16. The lowest BCUT2D eigenvalue weighted by Gasteiger charge is -2.34. The number of anilines is 1. The molecule has 0 unspecified atom stereocenters. The number of nitrogens with one attached hydrogen (secondary N) is 1. The van der Waals surface area contributed by atoms with Gasteiger partial charge >= 0.3 is 0 Å². The van der Waals surface area contributed by atoms with Crippen molar-refractivity contribution >= 4 is 39.1 Å². The van der Waals surface area contributed by atoms with Crippen LogP contribution >= 0.6 is 11.6 Å². The number of carbonyl (C=O) groups is 2. The molecule has 3 aromatic carbocycles. The van der Waals surface area contributed by atoms with Crippen molar-refractivity contribution in [2.45, 2.75) is 57.1 Å². The van der Waals surface area contributed by atoms with E-state index in [2.05, 4.69) is 5.32 Å². The standard InChI is InChI=1S/C30H36ClN3O5S/c1-6-27(29(36)32-30(2,3)4)33(20-22-15-17-23(31)18-16-22)28(35)21-34(24-11-10-12-25(19-24)39-5)40(37,38)26-13-8-7-9-14-26/h7-19,27H,6,20-21H2,1-5H3,(H,32,36)/t27-/m0/s1. The maximum Gasteiger partial charge on any atom is 0.264 e. The van der Waals surface area contributed by atoms with Crippen molar-refractivity contribution in [2.75, 3.05) is 18.0 Å². The Hall–Kier alpha value is -3.56. The Morgan fingerprint density at radius 1 is 0.975 bits per heavy atom. The maximum atomic E-state index is 14.1. The first-order chi connectivity index (χ1) is 18.9. The summed E-state index contributed by atoms with van der Waals surface area (Å²) in [7, 11) is -2.68. The molecule has 0 aliphatic carbocycles. The second kappa shape index (κ2) is 13.2. The van der Waals surface area contributed by atoms with Crippen LogP contribution in [0.2, 0.25) is 5.02 Å². The van der Waals surface area contributed by atoms with Crippen LogP contribution < -0.4 is 14.4 Å². The van der Waals surface area contributed by atoms with E-state index in [1.165, 1.54) is 24.1 Å². The Balaban J connectivity index is 2.07. The molecule has 0 aliphatic heterocycles. The Labute approximate surface area is 241 Å². The first-order valence-electron chi connectivity index (χ1n) is 12.9. The summed E-state index contributed by atoms with van der Waals surface area (Å²) in [5, 5.41) is 3.49. The van der Waals surface area contributed by atoms with Gasteiger partial charge in [-0.15, -0.1) is 0 Å². The van der Waals surface area contributed by atoms with Crippen molar-refractivity contribution in [2.24, 2.45) is 0 Å². The van der Waals surface area contributed by atoms with Gasteiger partial charge in [0.15, 0.2) is 0 Å². The number of ether oxygens (including phenoxy) is 1. The molecule has 214 valence electrons. The highest BCUT2D eigenvalue weighted by atomic mass is 35.5. The van der Waals surface area contributed by atoms with Crippen LogP contribution in [-0.2, 0) is 26.2 Å². The van der Waals surface area contributed by atoms with Crippen LogP contribution in [0.5, 0.6) is 5.75 Å². The van der Waals surface area contributed by atoms with Crippen molar-refractivity contribution in [1.29, 1.82) is 0 Å². The van der Waals surface area contributed by atoms with Gasteiger partial charge in [-0.05, 0) is 69.2 Å². The van der Waals surface area contributed by atoms with Crippen LogP contribution in [-0.4, -0.2) is 50.4 Å².